The van der Waals surface area contributed by atoms with Gasteiger partial charge in [0.1, 0.15) is 11.2 Å². The highest BCUT2D eigenvalue weighted by Gasteiger charge is 2.12. The highest BCUT2D eigenvalue weighted by molar-refractivity contribution is 6.06. The number of carboxylic acid groups (broad SMARTS) is 1. The van der Waals surface area contributed by atoms with Crippen molar-refractivity contribution in [2.24, 2.45) is 5.73 Å². The third-order valence-corrected chi connectivity index (χ3v) is 3.68. The predicted octanol–water partition coefficient (Wildman–Crippen LogP) is 3.10. The molecule has 1 aromatic heterocycles. The second-order valence-electron chi connectivity index (χ2n) is 5.16. The lowest BCUT2D eigenvalue weighted by Crippen LogP contribution is -2.02. The van der Waals surface area contributed by atoms with Crippen LogP contribution in [0.1, 0.15) is 17.5 Å². The van der Waals surface area contributed by atoms with Gasteiger partial charge in [0.05, 0.1) is 0 Å². The zero-order valence-electron chi connectivity index (χ0n) is 11.6. The molecule has 0 atom stereocenters. The van der Waals surface area contributed by atoms with Crippen molar-refractivity contribution in [2.45, 2.75) is 19.3 Å². The van der Waals surface area contributed by atoms with E-state index in [-0.39, 0.29) is 6.42 Å². The Kier molecular flexibility index (Phi) is 3.62. The van der Waals surface area contributed by atoms with Crippen LogP contribution < -0.4 is 5.73 Å². The number of furan rings is 1. The van der Waals surface area contributed by atoms with Crippen molar-refractivity contribution in [3.63, 3.8) is 0 Å². The molecule has 0 radical (unpaired) electrons. The molecule has 0 aliphatic heterocycles. The minimum atomic E-state index is -0.798. The minimum absolute atomic E-state index is 0.106. The summed E-state index contributed by atoms with van der Waals surface area (Å²) in [6.45, 7) is 0.616. The van der Waals surface area contributed by atoms with Crippen LogP contribution in [0.5, 0.6) is 0 Å². The van der Waals surface area contributed by atoms with Crippen molar-refractivity contribution in [3.05, 3.63) is 47.5 Å². The first kappa shape index (κ1) is 13.6. The Bertz CT molecular complexity index is 804. The molecule has 0 saturated heterocycles. The molecule has 0 fully saturated rings. The number of aryl methyl sites for hydroxylation is 1. The van der Waals surface area contributed by atoms with Crippen LogP contribution in [0.15, 0.2) is 40.8 Å². The van der Waals surface area contributed by atoms with Crippen molar-refractivity contribution in [3.8, 4) is 0 Å². The first-order valence-corrected chi connectivity index (χ1v) is 7.04. The molecule has 1 heterocycles. The Labute approximate surface area is 122 Å². The van der Waals surface area contributed by atoms with E-state index >= 15 is 0 Å². The van der Waals surface area contributed by atoms with E-state index in [0.717, 1.165) is 33.9 Å². The van der Waals surface area contributed by atoms with Crippen molar-refractivity contribution in [1.82, 2.24) is 0 Å². The van der Waals surface area contributed by atoms with Crippen LogP contribution in [0.25, 0.3) is 21.9 Å². The third-order valence-electron chi connectivity index (χ3n) is 3.68. The Balaban J connectivity index is 2.12. The summed E-state index contributed by atoms with van der Waals surface area (Å²) in [5.74, 6) is -0.798. The van der Waals surface area contributed by atoms with Crippen LogP contribution in [0.3, 0.4) is 0 Å². The Morgan fingerprint density at radius 1 is 1.14 bits per heavy atom. The van der Waals surface area contributed by atoms with Crippen LogP contribution in [-0.4, -0.2) is 17.6 Å². The zero-order valence-corrected chi connectivity index (χ0v) is 11.6. The molecule has 0 saturated carbocycles. The maximum Gasteiger partial charge on any atom is 0.303 e. The molecule has 4 heteroatoms. The Hall–Kier alpha value is -2.33. The van der Waals surface area contributed by atoms with E-state index in [1.807, 2.05) is 30.3 Å². The molecule has 0 amide bonds. The molecule has 0 spiro atoms. The number of hydrogen-bond acceptors (Lipinski definition) is 3. The summed E-state index contributed by atoms with van der Waals surface area (Å²) < 4.78 is 5.92. The quantitative estimate of drug-likeness (QED) is 0.754. The number of carbonyl (C=O) groups is 1. The van der Waals surface area contributed by atoms with Gasteiger partial charge in [0, 0.05) is 17.2 Å². The fourth-order valence-corrected chi connectivity index (χ4v) is 2.66. The van der Waals surface area contributed by atoms with E-state index in [2.05, 4.69) is 6.07 Å². The van der Waals surface area contributed by atoms with Crippen LogP contribution in [0.4, 0.5) is 0 Å². The maximum atomic E-state index is 10.8. The molecule has 0 unspecified atom stereocenters. The largest absolute Gasteiger partial charge is 0.481 e. The first-order chi connectivity index (χ1) is 10.2. The minimum Gasteiger partial charge on any atom is -0.481 e. The van der Waals surface area contributed by atoms with Gasteiger partial charge in [-0.1, -0.05) is 24.3 Å². The van der Waals surface area contributed by atoms with Gasteiger partial charge in [-0.3, -0.25) is 4.79 Å². The number of fused-ring (bicyclic) bond motifs is 3. The second kappa shape index (κ2) is 5.58. The topological polar surface area (TPSA) is 76.5 Å². The molecule has 4 nitrogen and oxygen atoms in total. The van der Waals surface area contributed by atoms with Gasteiger partial charge < -0.3 is 15.3 Å². The second-order valence-corrected chi connectivity index (χ2v) is 5.16. The van der Waals surface area contributed by atoms with Crippen molar-refractivity contribution in [2.75, 3.05) is 6.54 Å². The Morgan fingerprint density at radius 2 is 2.00 bits per heavy atom. The van der Waals surface area contributed by atoms with E-state index in [4.69, 9.17) is 15.3 Å². The molecule has 3 rings (SSSR count). The van der Waals surface area contributed by atoms with Crippen molar-refractivity contribution in [1.29, 1.82) is 0 Å². The molecule has 3 N–H and O–H groups in total. The summed E-state index contributed by atoms with van der Waals surface area (Å²) in [5, 5.41) is 10.9. The fourth-order valence-electron chi connectivity index (χ4n) is 2.66. The van der Waals surface area contributed by atoms with E-state index < -0.39 is 5.97 Å². The summed E-state index contributed by atoms with van der Waals surface area (Å²) in [6, 6.07) is 12.0. The molecular weight excluding hydrogens is 266 g/mol. The zero-order chi connectivity index (χ0) is 14.8. The van der Waals surface area contributed by atoms with Gasteiger partial charge in [0.2, 0.25) is 0 Å². The highest BCUT2D eigenvalue weighted by Crippen LogP contribution is 2.32. The van der Waals surface area contributed by atoms with Crippen molar-refractivity contribution >= 4 is 27.9 Å². The molecule has 21 heavy (non-hydrogen) atoms. The standard InChI is InChI=1S/C17H17NO3/c18-9-8-11-4-6-15-14(10-11)13-3-1-2-12(17(13)21-15)5-7-16(19)20/h1-4,6,10H,5,7-9,18H2,(H,19,20). The average molecular weight is 283 g/mol. The SMILES string of the molecule is NCCc1ccc2oc3c(CCC(=O)O)cccc3c2c1. The number of rotatable bonds is 5. The lowest BCUT2D eigenvalue weighted by molar-refractivity contribution is -0.136. The summed E-state index contributed by atoms with van der Waals surface area (Å²) >= 11 is 0. The summed E-state index contributed by atoms with van der Waals surface area (Å²) in [4.78, 5) is 10.8. The lowest BCUT2D eigenvalue weighted by Gasteiger charge is -1.99. The highest BCUT2D eigenvalue weighted by atomic mass is 16.4. The Morgan fingerprint density at radius 3 is 2.76 bits per heavy atom. The molecule has 0 bridgehead atoms. The maximum absolute atomic E-state index is 10.8. The molecular formula is C17H17NO3. The number of hydrogen-bond donors (Lipinski definition) is 2. The number of benzene rings is 2. The van der Waals surface area contributed by atoms with Crippen LogP contribution >= 0.6 is 0 Å². The normalized spacial score (nSPS) is 11.3. The van der Waals surface area contributed by atoms with Gasteiger partial charge in [-0.15, -0.1) is 0 Å². The monoisotopic (exact) mass is 283 g/mol. The first-order valence-electron chi connectivity index (χ1n) is 7.04. The van der Waals surface area contributed by atoms with Gasteiger partial charge in [-0.2, -0.15) is 0 Å². The van der Waals surface area contributed by atoms with E-state index in [9.17, 15) is 4.79 Å². The van der Waals surface area contributed by atoms with Crippen LogP contribution in [-0.2, 0) is 17.6 Å². The van der Waals surface area contributed by atoms with E-state index in [1.54, 1.807) is 0 Å². The van der Waals surface area contributed by atoms with Gasteiger partial charge >= 0.3 is 5.97 Å². The van der Waals surface area contributed by atoms with Gasteiger partial charge in [0.15, 0.2) is 0 Å². The van der Waals surface area contributed by atoms with Gasteiger partial charge in [0.25, 0.3) is 0 Å². The van der Waals surface area contributed by atoms with Gasteiger partial charge in [-0.05, 0) is 42.6 Å². The summed E-state index contributed by atoms with van der Waals surface area (Å²) in [5.41, 5.74) is 9.34. The number of para-hydroxylation sites is 1. The van der Waals surface area contributed by atoms with E-state index in [1.165, 1.54) is 5.56 Å². The van der Waals surface area contributed by atoms with Gasteiger partial charge in [-0.25, -0.2) is 0 Å². The lowest BCUT2D eigenvalue weighted by atomic mass is 10.0. The molecule has 0 aliphatic carbocycles. The number of carboxylic acids is 1. The average Bonchev–Trinajstić information content (AvgIpc) is 2.84. The number of aliphatic carboxylic acids is 1. The molecule has 0 aliphatic rings. The predicted molar refractivity (Wildman–Crippen MR) is 82.4 cm³/mol. The van der Waals surface area contributed by atoms with Crippen LogP contribution in [0, 0.1) is 0 Å². The molecule has 2 aromatic carbocycles. The van der Waals surface area contributed by atoms with E-state index in [0.29, 0.717) is 13.0 Å². The molecule has 108 valence electrons. The fraction of sp³-hybridized carbons (Fsp3) is 0.235. The summed E-state index contributed by atoms with van der Waals surface area (Å²) in [6.07, 6.45) is 1.41. The smallest absolute Gasteiger partial charge is 0.303 e. The third kappa shape index (κ3) is 2.62. The van der Waals surface area contributed by atoms with Crippen LogP contribution in [0.2, 0.25) is 0 Å². The van der Waals surface area contributed by atoms with Crippen molar-refractivity contribution < 1.29 is 14.3 Å². The molecule has 3 aromatic rings. The summed E-state index contributed by atoms with van der Waals surface area (Å²) in [7, 11) is 0. The number of nitrogens with two attached hydrogens (primary N) is 1.